The monoisotopic (exact) mass is 383 g/mol. The van der Waals surface area contributed by atoms with Gasteiger partial charge in [-0.3, -0.25) is 9.69 Å². The van der Waals surface area contributed by atoms with Crippen molar-refractivity contribution in [3.8, 4) is 23.4 Å². The topological polar surface area (TPSA) is 111 Å². The molecule has 0 radical (unpaired) electrons. The molecule has 0 bridgehead atoms. The lowest BCUT2D eigenvalue weighted by molar-refractivity contribution is -0.124. The van der Waals surface area contributed by atoms with Gasteiger partial charge in [-0.25, -0.2) is 14.5 Å². The molecule has 2 aliphatic rings. The maximum atomic E-state index is 13.4. The Hall–Kier alpha value is -3.78. The molecule has 8 heteroatoms. The summed E-state index contributed by atoms with van der Waals surface area (Å²) in [6, 6.07) is 9.61. The lowest BCUT2D eigenvalue weighted by Gasteiger charge is -2.23. The third kappa shape index (κ3) is 2.43. The molecular formula is C21H17N7O. The number of carbonyl (C=O) groups is 1. The standard InChI is InChI=1S/C21H17N7O/c1-13-10-27(20(29)21(13,12-23)15-2-3-15)19-18-5-7-25-28(18)11-17(26-19)14-4-6-24-16(8-14)9-22/h4-8,11,13,15H,2-3,10H2,1H3/t13-,21+/m1/s1. The Balaban J connectivity index is 1.66. The van der Waals surface area contributed by atoms with Crippen molar-refractivity contribution in [2.75, 3.05) is 11.4 Å². The minimum absolute atomic E-state index is 0.0768. The zero-order valence-corrected chi connectivity index (χ0v) is 15.8. The van der Waals surface area contributed by atoms with Gasteiger partial charge >= 0.3 is 0 Å². The maximum Gasteiger partial charge on any atom is 0.249 e. The number of rotatable bonds is 3. The highest BCUT2D eigenvalue weighted by molar-refractivity contribution is 6.04. The Bertz CT molecular complexity index is 1230. The van der Waals surface area contributed by atoms with Crippen LogP contribution in [0.25, 0.3) is 16.8 Å². The van der Waals surface area contributed by atoms with Gasteiger partial charge in [0.1, 0.15) is 22.7 Å². The first-order valence-corrected chi connectivity index (χ1v) is 9.52. The number of hydrogen-bond acceptors (Lipinski definition) is 6. The highest BCUT2D eigenvalue weighted by Crippen LogP contribution is 2.54. The van der Waals surface area contributed by atoms with Gasteiger partial charge in [0.2, 0.25) is 5.91 Å². The summed E-state index contributed by atoms with van der Waals surface area (Å²) in [5.74, 6) is 0.370. The van der Waals surface area contributed by atoms with Crippen molar-refractivity contribution in [1.29, 1.82) is 10.5 Å². The quantitative estimate of drug-likeness (QED) is 0.687. The molecule has 3 aromatic heterocycles. The van der Waals surface area contributed by atoms with E-state index in [1.807, 2.05) is 13.0 Å². The molecule has 0 unspecified atom stereocenters. The summed E-state index contributed by atoms with van der Waals surface area (Å²) < 4.78 is 1.67. The second-order valence-electron chi connectivity index (χ2n) is 7.72. The fourth-order valence-corrected chi connectivity index (χ4v) is 4.38. The zero-order chi connectivity index (χ0) is 20.2. The van der Waals surface area contributed by atoms with Gasteiger partial charge in [0, 0.05) is 24.2 Å². The summed E-state index contributed by atoms with van der Waals surface area (Å²) in [6.45, 7) is 2.42. The van der Waals surface area contributed by atoms with E-state index in [0.29, 0.717) is 29.1 Å². The number of anilines is 1. The van der Waals surface area contributed by atoms with Gasteiger partial charge < -0.3 is 0 Å². The molecule has 1 saturated heterocycles. The van der Waals surface area contributed by atoms with E-state index in [-0.39, 0.29) is 23.4 Å². The lowest BCUT2D eigenvalue weighted by atomic mass is 9.75. The third-order valence-electron chi connectivity index (χ3n) is 6.04. The number of amides is 1. The fraction of sp³-hybridized carbons (Fsp3) is 0.333. The van der Waals surface area contributed by atoms with Gasteiger partial charge in [0.15, 0.2) is 5.82 Å². The summed E-state index contributed by atoms with van der Waals surface area (Å²) >= 11 is 0. The Morgan fingerprint density at radius 2 is 2.07 bits per heavy atom. The number of carbonyl (C=O) groups excluding carboxylic acids is 1. The molecule has 3 aromatic rings. The molecule has 0 aromatic carbocycles. The van der Waals surface area contributed by atoms with Crippen LogP contribution in [0, 0.1) is 39.9 Å². The van der Waals surface area contributed by atoms with Gasteiger partial charge in [-0.1, -0.05) is 6.92 Å². The van der Waals surface area contributed by atoms with Crippen molar-refractivity contribution in [2.24, 2.45) is 17.3 Å². The fourth-order valence-electron chi connectivity index (χ4n) is 4.38. The molecule has 0 spiro atoms. The molecule has 8 nitrogen and oxygen atoms in total. The molecule has 0 N–H and O–H groups in total. The Morgan fingerprint density at radius 1 is 1.24 bits per heavy atom. The number of hydrogen-bond donors (Lipinski definition) is 0. The van der Waals surface area contributed by atoms with Crippen LogP contribution < -0.4 is 4.90 Å². The first-order valence-electron chi connectivity index (χ1n) is 9.52. The van der Waals surface area contributed by atoms with Gasteiger partial charge in [-0.15, -0.1) is 0 Å². The molecule has 1 amide bonds. The van der Waals surface area contributed by atoms with Crippen molar-refractivity contribution in [3.05, 3.63) is 42.5 Å². The van der Waals surface area contributed by atoms with Crippen LogP contribution in [0.4, 0.5) is 5.82 Å². The smallest absolute Gasteiger partial charge is 0.249 e. The van der Waals surface area contributed by atoms with Crippen molar-refractivity contribution < 1.29 is 4.79 Å². The summed E-state index contributed by atoms with van der Waals surface area (Å²) in [7, 11) is 0. The molecule has 4 heterocycles. The first kappa shape index (κ1) is 17.3. The van der Waals surface area contributed by atoms with E-state index in [1.54, 1.807) is 46.2 Å². The van der Waals surface area contributed by atoms with E-state index in [0.717, 1.165) is 12.8 Å². The SMILES string of the molecule is C[C@@H]1CN(c2nc(-c3ccnc(C#N)c3)cn3nccc23)C(=O)[C@]1(C#N)C1CC1. The number of fused-ring (bicyclic) bond motifs is 1. The average Bonchev–Trinajstić information content (AvgIpc) is 3.42. The third-order valence-corrected chi connectivity index (χ3v) is 6.04. The van der Waals surface area contributed by atoms with E-state index in [2.05, 4.69) is 16.2 Å². The summed E-state index contributed by atoms with van der Waals surface area (Å²) in [4.78, 5) is 23.8. The predicted octanol–water partition coefficient (Wildman–Crippen LogP) is 2.57. The molecule has 142 valence electrons. The summed E-state index contributed by atoms with van der Waals surface area (Å²) in [5, 5.41) is 23.4. The van der Waals surface area contributed by atoms with Crippen LogP contribution >= 0.6 is 0 Å². The molecule has 1 aliphatic carbocycles. The second kappa shape index (κ2) is 6.11. The van der Waals surface area contributed by atoms with Crippen LogP contribution in [0.15, 0.2) is 36.8 Å². The van der Waals surface area contributed by atoms with Crippen LogP contribution in [-0.4, -0.2) is 32.0 Å². The van der Waals surface area contributed by atoms with E-state index < -0.39 is 5.41 Å². The van der Waals surface area contributed by atoms with Gasteiger partial charge in [-0.05, 0) is 37.0 Å². The number of nitriles is 2. The molecule has 29 heavy (non-hydrogen) atoms. The van der Waals surface area contributed by atoms with Gasteiger partial charge in [0.25, 0.3) is 0 Å². The van der Waals surface area contributed by atoms with Crippen molar-refractivity contribution in [2.45, 2.75) is 19.8 Å². The van der Waals surface area contributed by atoms with E-state index in [1.165, 1.54) is 0 Å². The zero-order valence-electron chi connectivity index (χ0n) is 15.8. The van der Waals surface area contributed by atoms with Gasteiger partial charge in [0.05, 0.1) is 24.2 Å². The normalized spacial score (nSPS) is 23.9. The number of pyridine rings is 1. The van der Waals surface area contributed by atoms with Crippen LogP contribution in [0.1, 0.15) is 25.5 Å². The molecule has 2 atom stereocenters. The highest BCUT2D eigenvalue weighted by Gasteiger charge is 2.61. The van der Waals surface area contributed by atoms with Gasteiger partial charge in [-0.2, -0.15) is 15.6 Å². The Morgan fingerprint density at radius 3 is 2.79 bits per heavy atom. The van der Waals surface area contributed by atoms with Crippen LogP contribution in [-0.2, 0) is 4.79 Å². The highest BCUT2D eigenvalue weighted by atomic mass is 16.2. The van der Waals surface area contributed by atoms with E-state index in [4.69, 9.17) is 10.2 Å². The van der Waals surface area contributed by atoms with E-state index in [9.17, 15) is 10.1 Å². The molecule has 5 rings (SSSR count). The minimum atomic E-state index is -0.973. The summed E-state index contributed by atoms with van der Waals surface area (Å²) in [6.07, 6.45) is 6.80. The van der Waals surface area contributed by atoms with Crippen molar-refractivity contribution in [3.63, 3.8) is 0 Å². The summed E-state index contributed by atoms with van der Waals surface area (Å²) in [5.41, 5.74) is 1.31. The Kier molecular flexibility index (Phi) is 3.65. The van der Waals surface area contributed by atoms with Crippen molar-refractivity contribution in [1.82, 2.24) is 19.6 Å². The predicted molar refractivity (Wildman–Crippen MR) is 103 cm³/mol. The second-order valence-corrected chi connectivity index (χ2v) is 7.72. The van der Waals surface area contributed by atoms with Crippen LogP contribution in [0.3, 0.4) is 0 Å². The molecule has 1 saturated carbocycles. The van der Waals surface area contributed by atoms with Crippen molar-refractivity contribution >= 4 is 17.2 Å². The molecule has 2 fully saturated rings. The van der Waals surface area contributed by atoms with Crippen LogP contribution in [0.5, 0.6) is 0 Å². The maximum absolute atomic E-state index is 13.4. The van der Waals surface area contributed by atoms with Crippen LogP contribution in [0.2, 0.25) is 0 Å². The largest absolute Gasteiger partial charge is 0.293 e. The Labute approximate surface area is 167 Å². The number of aromatic nitrogens is 4. The number of nitrogens with zero attached hydrogens (tertiary/aromatic N) is 7. The van der Waals surface area contributed by atoms with E-state index >= 15 is 0 Å². The average molecular weight is 383 g/mol. The molecular weight excluding hydrogens is 366 g/mol. The first-order chi connectivity index (χ1) is 14.1. The molecule has 1 aliphatic heterocycles. The minimum Gasteiger partial charge on any atom is -0.293 e. The lowest BCUT2D eigenvalue weighted by Crippen LogP contribution is -2.37.